The Morgan fingerprint density at radius 1 is 1.24 bits per heavy atom. The van der Waals surface area contributed by atoms with Crippen molar-refractivity contribution in [3.63, 3.8) is 0 Å². The maximum atomic E-state index is 12.4. The number of benzene rings is 1. The van der Waals surface area contributed by atoms with Gasteiger partial charge in [-0.05, 0) is 65.7 Å². The zero-order valence-electron chi connectivity index (χ0n) is 20.9. The monoisotopic (exact) mass is 470 g/mol. The second-order valence-corrected chi connectivity index (χ2v) is 9.92. The van der Waals surface area contributed by atoms with Crippen LogP contribution in [0.2, 0.25) is 0 Å². The number of hydrogen-bond acceptors (Lipinski definition) is 6. The molecule has 0 saturated carbocycles. The molecule has 0 radical (unpaired) electrons. The fraction of sp³-hybridized carbons (Fsp3) is 0.520. The molecule has 2 atom stereocenters. The first kappa shape index (κ1) is 25.3. The number of nitrogens with one attached hydrogen (secondary N) is 1. The molecule has 9 nitrogen and oxygen atoms in total. The molecule has 3 rings (SSSR count). The van der Waals surface area contributed by atoms with Crippen LogP contribution in [-0.4, -0.2) is 45.3 Å². The molecule has 1 aromatic heterocycles. The molecule has 2 heterocycles. The molecule has 1 aromatic carbocycles. The molecule has 0 bridgehead atoms. The van der Waals surface area contributed by atoms with Crippen molar-refractivity contribution < 1.29 is 23.9 Å². The summed E-state index contributed by atoms with van der Waals surface area (Å²) >= 11 is 0. The van der Waals surface area contributed by atoms with E-state index in [0.717, 1.165) is 16.8 Å². The molecule has 0 fully saturated rings. The van der Waals surface area contributed by atoms with Crippen LogP contribution in [0.15, 0.2) is 30.7 Å². The summed E-state index contributed by atoms with van der Waals surface area (Å²) in [7, 11) is 0. The number of aromatic nitrogens is 2. The van der Waals surface area contributed by atoms with E-state index in [1.165, 1.54) is 6.92 Å². The molecule has 1 N–H and O–H groups in total. The summed E-state index contributed by atoms with van der Waals surface area (Å²) in [6, 6.07) is 5.27. The van der Waals surface area contributed by atoms with Crippen molar-refractivity contribution in [2.45, 2.75) is 85.2 Å². The Morgan fingerprint density at radius 2 is 1.94 bits per heavy atom. The van der Waals surface area contributed by atoms with Crippen molar-refractivity contribution in [1.82, 2.24) is 14.9 Å². The maximum absolute atomic E-state index is 12.4. The van der Waals surface area contributed by atoms with E-state index in [0.29, 0.717) is 12.1 Å². The third-order valence-corrected chi connectivity index (χ3v) is 5.31. The average Bonchev–Trinajstić information content (AvgIpc) is 3.13. The first-order valence-electron chi connectivity index (χ1n) is 11.5. The fourth-order valence-corrected chi connectivity index (χ4v) is 4.15. The second-order valence-electron chi connectivity index (χ2n) is 9.92. The topological polar surface area (TPSA) is 103 Å². The molecule has 2 aromatic rings. The van der Waals surface area contributed by atoms with Gasteiger partial charge in [0.1, 0.15) is 12.1 Å². The fourth-order valence-electron chi connectivity index (χ4n) is 4.15. The van der Waals surface area contributed by atoms with Crippen molar-refractivity contribution in [1.29, 1.82) is 0 Å². The van der Waals surface area contributed by atoms with Gasteiger partial charge in [-0.3, -0.25) is 9.59 Å². The maximum Gasteiger partial charge on any atom is 0.407 e. The van der Waals surface area contributed by atoms with Gasteiger partial charge in [0.05, 0.1) is 24.2 Å². The number of fused-ring (bicyclic) bond motifs is 1. The summed E-state index contributed by atoms with van der Waals surface area (Å²) in [5, 5.41) is 2.94. The van der Waals surface area contributed by atoms with E-state index in [2.05, 4.69) is 10.3 Å². The Bertz CT molecular complexity index is 1070. The standard InChI is InChI=1S/C25H34N4O5/c1-15(2)33-24(32)27-20-10-16(3)29(17(4)30)22-9-8-18(11-19(20)22)21-12-28(14-26-21)13-23(31)34-25(5,6)7/h8-9,11-12,14-16,20H,10,13H2,1-7H3,(H,27,32)/t16-,20+/m1/s1. The summed E-state index contributed by atoms with van der Waals surface area (Å²) in [4.78, 5) is 43.0. The van der Waals surface area contributed by atoms with Gasteiger partial charge >= 0.3 is 12.1 Å². The first-order chi connectivity index (χ1) is 15.8. The normalized spacial score (nSPS) is 17.8. The minimum absolute atomic E-state index is 0.0516. The number of imidazole rings is 1. The van der Waals surface area contributed by atoms with Crippen LogP contribution in [0.5, 0.6) is 0 Å². The van der Waals surface area contributed by atoms with Crippen LogP contribution in [0.3, 0.4) is 0 Å². The summed E-state index contributed by atoms with van der Waals surface area (Å²) < 4.78 is 12.3. The number of hydrogen-bond donors (Lipinski definition) is 1. The minimum Gasteiger partial charge on any atom is -0.459 e. The van der Waals surface area contributed by atoms with Crippen LogP contribution in [0.25, 0.3) is 11.3 Å². The van der Waals surface area contributed by atoms with Gasteiger partial charge in [-0.2, -0.15) is 0 Å². The van der Waals surface area contributed by atoms with Gasteiger partial charge in [-0.1, -0.05) is 6.07 Å². The van der Waals surface area contributed by atoms with Crippen LogP contribution < -0.4 is 10.2 Å². The predicted molar refractivity (Wildman–Crippen MR) is 128 cm³/mol. The lowest BCUT2D eigenvalue weighted by molar-refractivity contribution is -0.155. The van der Waals surface area contributed by atoms with Crippen molar-refractivity contribution in [3.05, 3.63) is 36.3 Å². The van der Waals surface area contributed by atoms with Gasteiger partial charge in [-0.25, -0.2) is 9.78 Å². The number of carbonyl (C=O) groups excluding carboxylic acids is 3. The molecule has 0 unspecified atom stereocenters. The van der Waals surface area contributed by atoms with Crippen LogP contribution in [0.1, 0.15) is 66.5 Å². The molecule has 184 valence electrons. The Kier molecular flexibility index (Phi) is 7.33. The molecule has 1 aliphatic heterocycles. The molecule has 34 heavy (non-hydrogen) atoms. The van der Waals surface area contributed by atoms with E-state index in [4.69, 9.17) is 9.47 Å². The summed E-state index contributed by atoms with van der Waals surface area (Å²) in [5.41, 5.74) is 2.48. The largest absolute Gasteiger partial charge is 0.459 e. The lowest BCUT2D eigenvalue weighted by Gasteiger charge is -2.39. The second kappa shape index (κ2) is 9.87. The lowest BCUT2D eigenvalue weighted by atomic mass is 9.90. The molecule has 0 spiro atoms. The molecule has 0 aliphatic carbocycles. The average molecular weight is 471 g/mol. The number of ether oxygens (including phenoxy) is 2. The summed E-state index contributed by atoms with van der Waals surface area (Å²) in [6.07, 6.45) is 3.17. The molecule has 9 heteroatoms. The third kappa shape index (κ3) is 6.15. The van der Waals surface area contributed by atoms with Gasteiger partial charge in [-0.15, -0.1) is 0 Å². The van der Waals surface area contributed by atoms with Gasteiger partial charge in [0.25, 0.3) is 0 Å². The zero-order valence-corrected chi connectivity index (χ0v) is 20.9. The molecule has 0 saturated heterocycles. The Hall–Kier alpha value is -3.36. The van der Waals surface area contributed by atoms with Crippen molar-refractivity contribution in [2.75, 3.05) is 4.90 Å². The van der Waals surface area contributed by atoms with Crippen LogP contribution >= 0.6 is 0 Å². The van der Waals surface area contributed by atoms with Crippen LogP contribution in [0.4, 0.5) is 10.5 Å². The van der Waals surface area contributed by atoms with E-state index in [1.54, 1.807) is 35.8 Å². The Balaban J connectivity index is 1.90. The van der Waals surface area contributed by atoms with E-state index in [-0.39, 0.29) is 36.6 Å². The zero-order chi connectivity index (χ0) is 25.2. The van der Waals surface area contributed by atoms with E-state index in [9.17, 15) is 14.4 Å². The molecular weight excluding hydrogens is 436 g/mol. The highest BCUT2D eigenvalue weighted by molar-refractivity contribution is 5.94. The Morgan fingerprint density at radius 3 is 2.56 bits per heavy atom. The number of carbonyl (C=O) groups is 3. The van der Waals surface area contributed by atoms with Crippen LogP contribution in [0, 0.1) is 0 Å². The quantitative estimate of drug-likeness (QED) is 0.657. The number of rotatable bonds is 5. The highest BCUT2D eigenvalue weighted by Gasteiger charge is 2.34. The number of anilines is 1. The van der Waals surface area contributed by atoms with Crippen LogP contribution in [-0.2, 0) is 25.6 Å². The third-order valence-electron chi connectivity index (χ3n) is 5.31. The van der Waals surface area contributed by atoms with Crippen molar-refractivity contribution in [2.24, 2.45) is 0 Å². The summed E-state index contributed by atoms with van der Waals surface area (Å²) in [6.45, 7) is 12.6. The molecular formula is C25H34N4O5. The van der Waals surface area contributed by atoms with Gasteiger partial charge in [0.2, 0.25) is 5.91 Å². The summed E-state index contributed by atoms with van der Waals surface area (Å²) in [5.74, 6) is -0.410. The molecule has 1 aliphatic rings. The SMILES string of the molecule is CC(=O)N1c2ccc(-c3cn(CC(=O)OC(C)(C)C)cn3)cc2[C@@H](NC(=O)OC(C)C)C[C@H]1C. The number of esters is 1. The number of amides is 2. The highest BCUT2D eigenvalue weighted by Crippen LogP contribution is 2.39. The number of nitrogens with zero attached hydrogens (tertiary/aromatic N) is 3. The lowest BCUT2D eigenvalue weighted by Crippen LogP contribution is -2.45. The van der Waals surface area contributed by atoms with Gasteiger partial charge in [0.15, 0.2) is 0 Å². The van der Waals surface area contributed by atoms with E-state index < -0.39 is 11.7 Å². The highest BCUT2D eigenvalue weighted by atomic mass is 16.6. The molecule has 2 amide bonds. The Labute approximate surface area is 200 Å². The van der Waals surface area contributed by atoms with Gasteiger partial charge < -0.3 is 24.3 Å². The first-order valence-corrected chi connectivity index (χ1v) is 11.5. The van der Waals surface area contributed by atoms with Crippen molar-refractivity contribution >= 4 is 23.7 Å². The van der Waals surface area contributed by atoms with Gasteiger partial charge in [0, 0.05) is 30.4 Å². The van der Waals surface area contributed by atoms with E-state index in [1.807, 2.05) is 45.9 Å². The predicted octanol–water partition coefficient (Wildman–Crippen LogP) is 4.21. The van der Waals surface area contributed by atoms with Crippen molar-refractivity contribution in [3.8, 4) is 11.3 Å². The van der Waals surface area contributed by atoms with E-state index >= 15 is 0 Å². The minimum atomic E-state index is -0.558. The number of alkyl carbamates (subject to hydrolysis) is 1. The smallest absolute Gasteiger partial charge is 0.407 e.